The molecule has 0 spiro atoms. The smallest absolute Gasteiger partial charge is 0.307 e. The fourth-order valence-corrected chi connectivity index (χ4v) is 2.80. The van der Waals surface area contributed by atoms with Crippen molar-refractivity contribution in [2.75, 3.05) is 0 Å². The first kappa shape index (κ1) is 11.5. The minimum atomic E-state index is -0.755. The molecule has 1 heterocycles. The average molecular weight is 243 g/mol. The van der Waals surface area contributed by atoms with Gasteiger partial charge in [0.05, 0.1) is 17.9 Å². The first-order chi connectivity index (χ1) is 7.41. The predicted octanol–water partition coefficient (Wildman–Crippen LogP) is 2.38. The van der Waals surface area contributed by atoms with Crippen LogP contribution in [0.5, 0.6) is 0 Å². The molecule has 1 fully saturated rings. The number of hydrogen-bond acceptors (Lipinski definition) is 2. The number of imidazole rings is 1. The molecule has 5 heteroatoms. The zero-order valence-electron chi connectivity index (χ0n) is 9.57. The molecular weight excluding hydrogens is 228 g/mol. The molecule has 0 saturated heterocycles. The molecule has 16 heavy (non-hydrogen) atoms. The van der Waals surface area contributed by atoms with Crippen LogP contribution < -0.4 is 0 Å². The van der Waals surface area contributed by atoms with Gasteiger partial charge in [-0.25, -0.2) is 4.98 Å². The van der Waals surface area contributed by atoms with Crippen molar-refractivity contribution in [2.45, 2.75) is 33.2 Å². The fraction of sp³-hybridized carbons (Fsp3) is 0.636. The van der Waals surface area contributed by atoms with E-state index in [4.69, 9.17) is 16.7 Å². The van der Waals surface area contributed by atoms with Crippen LogP contribution in [0.25, 0.3) is 0 Å². The Balaban J connectivity index is 2.40. The standard InChI is InChI=1S/C11H15ClN2O2/c1-4-14-5-13-9(12)8(14)6-7(10(15)16)11(6,2)3/h5-7H,4H2,1-3H3,(H,15,16). The molecule has 0 aliphatic heterocycles. The van der Waals surface area contributed by atoms with Gasteiger partial charge in [-0.05, 0) is 12.3 Å². The highest BCUT2D eigenvalue weighted by atomic mass is 35.5. The van der Waals surface area contributed by atoms with Crippen LogP contribution in [0.15, 0.2) is 6.33 Å². The largest absolute Gasteiger partial charge is 0.481 e. The van der Waals surface area contributed by atoms with Crippen LogP contribution in [0.1, 0.15) is 32.4 Å². The summed E-state index contributed by atoms with van der Waals surface area (Å²) in [4.78, 5) is 15.2. The molecule has 0 radical (unpaired) electrons. The highest BCUT2D eigenvalue weighted by molar-refractivity contribution is 6.30. The van der Waals surface area contributed by atoms with Crippen molar-refractivity contribution in [1.29, 1.82) is 0 Å². The maximum atomic E-state index is 11.1. The second-order valence-electron chi connectivity index (χ2n) is 4.82. The average Bonchev–Trinajstić information content (AvgIpc) is 2.57. The van der Waals surface area contributed by atoms with E-state index in [1.165, 1.54) is 0 Å². The van der Waals surface area contributed by atoms with Crippen molar-refractivity contribution >= 4 is 17.6 Å². The molecule has 1 N–H and O–H groups in total. The Labute approximate surface area is 99.2 Å². The highest BCUT2D eigenvalue weighted by Gasteiger charge is 2.64. The van der Waals surface area contributed by atoms with E-state index in [1.807, 2.05) is 25.3 Å². The number of aliphatic carboxylic acids is 1. The third-order valence-electron chi connectivity index (χ3n) is 3.56. The Morgan fingerprint density at radius 1 is 1.69 bits per heavy atom. The summed E-state index contributed by atoms with van der Waals surface area (Å²) in [5.74, 6) is -1.14. The van der Waals surface area contributed by atoms with Gasteiger partial charge in [0.25, 0.3) is 0 Å². The first-order valence-corrected chi connectivity index (χ1v) is 5.72. The molecule has 1 aromatic heterocycles. The predicted molar refractivity (Wildman–Crippen MR) is 60.6 cm³/mol. The molecular formula is C11H15ClN2O2. The lowest BCUT2D eigenvalue weighted by Crippen LogP contribution is -2.04. The van der Waals surface area contributed by atoms with Gasteiger partial charge in [0.1, 0.15) is 0 Å². The van der Waals surface area contributed by atoms with Gasteiger partial charge < -0.3 is 9.67 Å². The summed E-state index contributed by atoms with van der Waals surface area (Å²) in [7, 11) is 0. The summed E-state index contributed by atoms with van der Waals surface area (Å²) in [6, 6.07) is 0. The Morgan fingerprint density at radius 3 is 2.75 bits per heavy atom. The van der Waals surface area contributed by atoms with Crippen LogP contribution in [0.4, 0.5) is 0 Å². The van der Waals surface area contributed by atoms with Gasteiger partial charge in [0, 0.05) is 12.5 Å². The number of carboxylic acid groups (broad SMARTS) is 1. The Hall–Kier alpha value is -1.03. The molecule has 0 aromatic carbocycles. The third kappa shape index (κ3) is 1.44. The summed E-state index contributed by atoms with van der Waals surface area (Å²) in [6.45, 7) is 6.67. The van der Waals surface area contributed by atoms with Crippen molar-refractivity contribution in [3.8, 4) is 0 Å². The third-order valence-corrected chi connectivity index (χ3v) is 3.85. The number of carboxylic acids is 1. The number of carbonyl (C=O) groups is 1. The quantitative estimate of drug-likeness (QED) is 0.886. The van der Waals surface area contributed by atoms with Gasteiger partial charge in [-0.2, -0.15) is 0 Å². The number of aryl methyl sites for hydroxylation is 1. The van der Waals surface area contributed by atoms with E-state index >= 15 is 0 Å². The zero-order valence-corrected chi connectivity index (χ0v) is 10.3. The SMILES string of the molecule is CCn1cnc(Cl)c1C1C(C(=O)O)C1(C)C. The van der Waals surface area contributed by atoms with Gasteiger partial charge in [0.2, 0.25) is 0 Å². The van der Waals surface area contributed by atoms with E-state index in [0.717, 1.165) is 12.2 Å². The molecule has 0 bridgehead atoms. The molecule has 4 nitrogen and oxygen atoms in total. The lowest BCUT2D eigenvalue weighted by atomic mass is 10.1. The second-order valence-corrected chi connectivity index (χ2v) is 5.18. The number of rotatable bonds is 3. The summed E-state index contributed by atoms with van der Waals surface area (Å²) in [5.41, 5.74) is 0.629. The molecule has 0 amide bonds. The first-order valence-electron chi connectivity index (χ1n) is 5.34. The van der Waals surface area contributed by atoms with Crippen LogP contribution in [0, 0.1) is 11.3 Å². The van der Waals surface area contributed by atoms with E-state index in [-0.39, 0.29) is 17.3 Å². The Kier molecular flexibility index (Phi) is 2.49. The molecule has 88 valence electrons. The van der Waals surface area contributed by atoms with Gasteiger partial charge in [-0.1, -0.05) is 25.4 Å². The van der Waals surface area contributed by atoms with Crippen molar-refractivity contribution in [2.24, 2.45) is 11.3 Å². The summed E-state index contributed by atoms with van der Waals surface area (Å²) in [5, 5.41) is 9.57. The zero-order chi connectivity index (χ0) is 12.1. The van der Waals surface area contributed by atoms with E-state index in [1.54, 1.807) is 6.33 Å². The van der Waals surface area contributed by atoms with Crippen molar-refractivity contribution in [1.82, 2.24) is 9.55 Å². The number of halogens is 1. The van der Waals surface area contributed by atoms with E-state index in [2.05, 4.69) is 4.98 Å². The Bertz CT molecular complexity index is 439. The van der Waals surface area contributed by atoms with Gasteiger partial charge in [0.15, 0.2) is 5.15 Å². The van der Waals surface area contributed by atoms with Gasteiger partial charge in [-0.3, -0.25) is 4.79 Å². The maximum absolute atomic E-state index is 11.1. The van der Waals surface area contributed by atoms with Crippen molar-refractivity contribution in [3.63, 3.8) is 0 Å². The molecule has 1 aromatic rings. The minimum Gasteiger partial charge on any atom is -0.481 e. The summed E-state index contributed by atoms with van der Waals surface area (Å²) in [6.07, 6.45) is 1.67. The monoisotopic (exact) mass is 242 g/mol. The molecule has 2 rings (SSSR count). The normalized spacial score (nSPS) is 26.8. The second kappa shape index (κ2) is 3.48. The molecule has 1 aliphatic carbocycles. The van der Waals surface area contributed by atoms with Crippen LogP contribution >= 0.6 is 11.6 Å². The summed E-state index contributed by atoms with van der Waals surface area (Å²) >= 11 is 6.03. The lowest BCUT2D eigenvalue weighted by Gasteiger charge is -2.06. The molecule has 2 atom stereocenters. The molecule has 1 saturated carbocycles. The maximum Gasteiger partial charge on any atom is 0.307 e. The lowest BCUT2D eigenvalue weighted by molar-refractivity contribution is -0.139. The van der Waals surface area contributed by atoms with E-state index in [9.17, 15) is 4.79 Å². The number of hydrogen-bond donors (Lipinski definition) is 1. The van der Waals surface area contributed by atoms with Crippen LogP contribution in [0.2, 0.25) is 5.15 Å². The number of aromatic nitrogens is 2. The van der Waals surface area contributed by atoms with Crippen LogP contribution in [0.3, 0.4) is 0 Å². The molecule has 2 unspecified atom stereocenters. The highest BCUT2D eigenvalue weighted by Crippen LogP contribution is 2.65. The Morgan fingerprint density at radius 2 is 2.31 bits per heavy atom. The van der Waals surface area contributed by atoms with Gasteiger partial charge >= 0.3 is 5.97 Å². The fourth-order valence-electron chi connectivity index (χ4n) is 2.54. The molecule has 1 aliphatic rings. The number of nitrogens with zero attached hydrogens (tertiary/aromatic N) is 2. The van der Waals surface area contributed by atoms with Crippen molar-refractivity contribution in [3.05, 3.63) is 17.2 Å². The minimum absolute atomic E-state index is 0.0278. The summed E-state index contributed by atoms with van der Waals surface area (Å²) < 4.78 is 1.93. The topological polar surface area (TPSA) is 55.1 Å². The van der Waals surface area contributed by atoms with E-state index < -0.39 is 5.97 Å². The van der Waals surface area contributed by atoms with Crippen LogP contribution in [-0.4, -0.2) is 20.6 Å². The van der Waals surface area contributed by atoms with Crippen LogP contribution in [-0.2, 0) is 11.3 Å². The van der Waals surface area contributed by atoms with Gasteiger partial charge in [-0.15, -0.1) is 0 Å². The van der Waals surface area contributed by atoms with E-state index in [0.29, 0.717) is 5.15 Å². The van der Waals surface area contributed by atoms with Crippen molar-refractivity contribution < 1.29 is 9.90 Å².